The predicted molar refractivity (Wildman–Crippen MR) is 67.0 cm³/mol. The Bertz CT molecular complexity index is 501. The van der Waals surface area contributed by atoms with Crippen molar-refractivity contribution >= 4 is 12.2 Å². The minimum Gasteiger partial charge on any atom is -0.265 e. The summed E-state index contributed by atoms with van der Waals surface area (Å²) in [6, 6.07) is 5.65. The lowest BCUT2D eigenvalue weighted by Gasteiger charge is -2.01. The number of aryl methyl sites for hydroxylation is 2. The molecule has 2 aromatic rings. The summed E-state index contributed by atoms with van der Waals surface area (Å²) < 4.78 is 0. The van der Waals surface area contributed by atoms with Crippen molar-refractivity contribution < 1.29 is 0 Å². The van der Waals surface area contributed by atoms with Crippen LogP contribution < -0.4 is 5.43 Å². The molecule has 0 atom stereocenters. The number of nitrogens with zero attached hydrogens (tertiary/aromatic N) is 4. The zero-order valence-electron chi connectivity index (χ0n) is 9.75. The van der Waals surface area contributed by atoms with Gasteiger partial charge in [0.2, 0.25) is 5.95 Å². The summed E-state index contributed by atoms with van der Waals surface area (Å²) in [5, 5.41) is 4.07. The Kier molecular flexibility index (Phi) is 3.40. The van der Waals surface area contributed by atoms with Crippen molar-refractivity contribution in [2.75, 3.05) is 5.43 Å². The second kappa shape index (κ2) is 5.16. The predicted octanol–water partition coefficient (Wildman–Crippen LogP) is 1.93. The van der Waals surface area contributed by atoms with Crippen LogP contribution in [0.2, 0.25) is 0 Å². The van der Waals surface area contributed by atoms with Crippen LogP contribution >= 0.6 is 0 Å². The van der Waals surface area contributed by atoms with Crippen molar-refractivity contribution in [2.45, 2.75) is 13.8 Å². The fourth-order valence-corrected chi connectivity index (χ4v) is 1.39. The highest BCUT2D eigenvalue weighted by atomic mass is 15.3. The normalized spacial score (nSPS) is 10.7. The van der Waals surface area contributed by atoms with Gasteiger partial charge in [-0.05, 0) is 37.6 Å². The fraction of sp³-hybridized carbons (Fsp3) is 0.167. The topological polar surface area (TPSA) is 63.1 Å². The third-order valence-electron chi connectivity index (χ3n) is 2.07. The Hall–Kier alpha value is -2.30. The molecule has 0 radical (unpaired) electrons. The Balaban J connectivity index is 2.05. The first-order chi connectivity index (χ1) is 8.24. The molecule has 0 aliphatic carbocycles. The van der Waals surface area contributed by atoms with Gasteiger partial charge in [0.25, 0.3) is 0 Å². The molecule has 0 aliphatic heterocycles. The number of pyridine rings is 1. The van der Waals surface area contributed by atoms with Gasteiger partial charge in [-0.2, -0.15) is 5.10 Å². The molecule has 0 aromatic carbocycles. The van der Waals surface area contributed by atoms with Crippen molar-refractivity contribution in [2.24, 2.45) is 5.10 Å². The number of hydrogen-bond donors (Lipinski definition) is 1. The molecular formula is C12H13N5. The van der Waals surface area contributed by atoms with E-state index in [1.54, 1.807) is 18.6 Å². The van der Waals surface area contributed by atoms with Gasteiger partial charge in [-0.25, -0.2) is 15.4 Å². The van der Waals surface area contributed by atoms with Crippen molar-refractivity contribution in [1.82, 2.24) is 15.0 Å². The van der Waals surface area contributed by atoms with Crippen molar-refractivity contribution in [3.05, 3.63) is 47.5 Å². The quantitative estimate of drug-likeness (QED) is 0.643. The number of nitrogens with one attached hydrogen (secondary N) is 1. The van der Waals surface area contributed by atoms with Gasteiger partial charge in [0.15, 0.2) is 0 Å². The monoisotopic (exact) mass is 227 g/mol. The van der Waals surface area contributed by atoms with Crippen LogP contribution in [0, 0.1) is 13.8 Å². The van der Waals surface area contributed by atoms with E-state index >= 15 is 0 Å². The first-order valence-electron chi connectivity index (χ1n) is 5.25. The number of hydrogen-bond acceptors (Lipinski definition) is 5. The van der Waals surface area contributed by atoms with Gasteiger partial charge in [0, 0.05) is 23.8 Å². The van der Waals surface area contributed by atoms with E-state index in [9.17, 15) is 0 Å². The molecule has 0 spiro atoms. The highest BCUT2D eigenvalue weighted by Crippen LogP contribution is 2.03. The Morgan fingerprint density at radius 2 is 1.76 bits per heavy atom. The molecule has 2 aromatic heterocycles. The summed E-state index contributed by atoms with van der Waals surface area (Å²) in [5.74, 6) is 0.507. The second-order valence-corrected chi connectivity index (χ2v) is 3.62. The molecule has 5 heteroatoms. The highest BCUT2D eigenvalue weighted by molar-refractivity contribution is 5.79. The first kappa shape index (κ1) is 11.2. The molecule has 2 rings (SSSR count). The van der Waals surface area contributed by atoms with Crippen LogP contribution in [0.3, 0.4) is 0 Å². The lowest BCUT2D eigenvalue weighted by molar-refractivity contribution is 1.04. The number of aromatic nitrogens is 3. The van der Waals surface area contributed by atoms with E-state index in [0.717, 1.165) is 17.0 Å². The largest absolute Gasteiger partial charge is 0.265 e. The number of anilines is 1. The molecule has 0 unspecified atom stereocenters. The Labute approximate surface area is 99.7 Å². The maximum Gasteiger partial charge on any atom is 0.243 e. The van der Waals surface area contributed by atoms with Crippen LogP contribution in [0.4, 0.5) is 5.95 Å². The van der Waals surface area contributed by atoms with Crippen LogP contribution in [0.1, 0.15) is 17.0 Å². The van der Waals surface area contributed by atoms with Crippen LogP contribution in [-0.2, 0) is 0 Å². The molecule has 0 bridgehead atoms. The van der Waals surface area contributed by atoms with Gasteiger partial charge in [-0.15, -0.1) is 0 Å². The van der Waals surface area contributed by atoms with E-state index in [-0.39, 0.29) is 0 Å². The fourth-order valence-electron chi connectivity index (χ4n) is 1.39. The molecule has 0 saturated carbocycles. The summed E-state index contributed by atoms with van der Waals surface area (Å²) in [6.45, 7) is 3.85. The zero-order chi connectivity index (χ0) is 12.1. The molecule has 0 amide bonds. The van der Waals surface area contributed by atoms with Gasteiger partial charge in [-0.3, -0.25) is 4.98 Å². The van der Waals surface area contributed by atoms with Crippen LogP contribution in [0.15, 0.2) is 35.7 Å². The molecule has 2 heterocycles. The van der Waals surface area contributed by atoms with E-state index in [2.05, 4.69) is 25.5 Å². The lowest BCUT2D eigenvalue weighted by atomic mass is 10.3. The summed E-state index contributed by atoms with van der Waals surface area (Å²) in [6.07, 6.45) is 5.13. The molecule has 17 heavy (non-hydrogen) atoms. The van der Waals surface area contributed by atoms with Gasteiger partial charge in [0.05, 0.1) is 6.21 Å². The van der Waals surface area contributed by atoms with E-state index in [1.807, 2.05) is 32.0 Å². The highest BCUT2D eigenvalue weighted by Gasteiger charge is 1.96. The average Bonchev–Trinajstić information content (AvgIpc) is 2.29. The van der Waals surface area contributed by atoms with E-state index in [1.165, 1.54) is 0 Å². The molecule has 86 valence electrons. The molecule has 0 fully saturated rings. The van der Waals surface area contributed by atoms with E-state index in [4.69, 9.17) is 0 Å². The van der Waals surface area contributed by atoms with Crippen molar-refractivity contribution in [3.8, 4) is 0 Å². The van der Waals surface area contributed by atoms with E-state index in [0.29, 0.717) is 5.95 Å². The van der Waals surface area contributed by atoms with Crippen LogP contribution in [-0.4, -0.2) is 21.2 Å². The second-order valence-electron chi connectivity index (χ2n) is 3.62. The lowest BCUT2D eigenvalue weighted by Crippen LogP contribution is -1.99. The number of hydrazone groups is 1. The van der Waals surface area contributed by atoms with E-state index < -0.39 is 0 Å². The Morgan fingerprint density at radius 1 is 1.12 bits per heavy atom. The smallest absolute Gasteiger partial charge is 0.243 e. The van der Waals surface area contributed by atoms with Crippen LogP contribution in [0.5, 0.6) is 0 Å². The van der Waals surface area contributed by atoms with Gasteiger partial charge in [-0.1, -0.05) is 0 Å². The minimum atomic E-state index is 0.507. The molecule has 5 nitrogen and oxygen atoms in total. The summed E-state index contributed by atoms with van der Waals surface area (Å²) in [5.41, 5.74) is 5.60. The van der Waals surface area contributed by atoms with Crippen molar-refractivity contribution in [3.63, 3.8) is 0 Å². The third-order valence-corrected chi connectivity index (χ3v) is 2.07. The van der Waals surface area contributed by atoms with Crippen LogP contribution in [0.25, 0.3) is 0 Å². The maximum atomic E-state index is 4.22. The summed E-state index contributed by atoms with van der Waals surface area (Å²) in [4.78, 5) is 12.4. The molecule has 0 aliphatic rings. The Morgan fingerprint density at radius 3 is 2.41 bits per heavy atom. The SMILES string of the molecule is Cc1cc(C)nc(N/N=C/c2ccncc2)n1. The third kappa shape index (κ3) is 3.34. The average molecular weight is 227 g/mol. The molecule has 1 N–H and O–H groups in total. The first-order valence-corrected chi connectivity index (χ1v) is 5.25. The maximum absolute atomic E-state index is 4.22. The molecular weight excluding hydrogens is 214 g/mol. The van der Waals surface area contributed by atoms with Gasteiger partial charge >= 0.3 is 0 Å². The van der Waals surface area contributed by atoms with Crippen molar-refractivity contribution in [1.29, 1.82) is 0 Å². The summed E-state index contributed by atoms with van der Waals surface area (Å²) >= 11 is 0. The van der Waals surface area contributed by atoms with Gasteiger partial charge < -0.3 is 0 Å². The standard InChI is InChI=1S/C12H13N5/c1-9-7-10(2)16-12(15-9)17-14-8-11-3-5-13-6-4-11/h3-8H,1-2H3,(H,15,16,17)/b14-8+. The zero-order valence-corrected chi connectivity index (χ0v) is 9.75. The molecule has 0 saturated heterocycles. The summed E-state index contributed by atoms with van der Waals surface area (Å²) in [7, 11) is 0. The van der Waals surface area contributed by atoms with Gasteiger partial charge in [0.1, 0.15) is 0 Å². The minimum absolute atomic E-state index is 0.507. The number of rotatable bonds is 3.